The van der Waals surface area contributed by atoms with E-state index in [2.05, 4.69) is 55.5 Å². The van der Waals surface area contributed by atoms with Crippen molar-refractivity contribution in [1.82, 2.24) is 29.3 Å². The van der Waals surface area contributed by atoms with Gasteiger partial charge in [0.25, 0.3) is 0 Å². The molecule has 4 rings (SSSR count). The molecule has 6 nitrogen and oxygen atoms in total. The summed E-state index contributed by atoms with van der Waals surface area (Å²) in [5.41, 5.74) is 3.44. The van der Waals surface area contributed by atoms with Gasteiger partial charge in [-0.3, -0.25) is 14.0 Å². The Labute approximate surface area is 148 Å². The molecule has 4 heterocycles. The molecule has 25 heavy (non-hydrogen) atoms. The Balaban J connectivity index is 1.49. The highest BCUT2D eigenvalue weighted by Crippen LogP contribution is 2.27. The van der Waals surface area contributed by atoms with Crippen LogP contribution in [0.15, 0.2) is 30.6 Å². The molecule has 3 aromatic rings. The van der Waals surface area contributed by atoms with Gasteiger partial charge >= 0.3 is 0 Å². The van der Waals surface area contributed by atoms with Crippen molar-refractivity contribution in [3.05, 3.63) is 47.7 Å². The van der Waals surface area contributed by atoms with Gasteiger partial charge in [0.1, 0.15) is 5.82 Å². The van der Waals surface area contributed by atoms with Crippen molar-refractivity contribution >= 4 is 5.65 Å². The number of pyridine rings is 1. The third kappa shape index (κ3) is 3.31. The molecular formula is C19H26N6. The summed E-state index contributed by atoms with van der Waals surface area (Å²) in [6, 6.07) is 6.08. The molecule has 0 amide bonds. The molecule has 3 aromatic heterocycles. The molecule has 0 bridgehead atoms. The number of nitrogens with zero attached hydrogens (tertiary/aromatic N) is 6. The van der Waals surface area contributed by atoms with E-state index in [4.69, 9.17) is 0 Å². The Morgan fingerprint density at radius 2 is 2.16 bits per heavy atom. The molecule has 0 radical (unpaired) electrons. The zero-order valence-corrected chi connectivity index (χ0v) is 15.1. The van der Waals surface area contributed by atoms with Crippen LogP contribution >= 0.6 is 0 Å². The molecule has 0 unspecified atom stereocenters. The van der Waals surface area contributed by atoms with Crippen LogP contribution in [0.2, 0.25) is 0 Å². The van der Waals surface area contributed by atoms with Crippen molar-refractivity contribution in [3.63, 3.8) is 0 Å². The predicted octanol–water partition coefficient (Wildman–Crippen LogP) is 3.02. The molecule has 0 aromatic carbocycles. The lowest BCUT2D eigenvalue weighted by atomic mass is 9.97. The fourth-order valence-electron chi connectivity index (χ4n) is 3.85. The second-order valence-electron chi connectivity index (χ2n) is 7.06. The average Bonchev–Trinajstić information content (AvgIpc) is 3.19. The minimum absolute atomic E-state index is 0.442. The number of fused-ring (bicyclic) bond motifs is 1. The van der Waals surface area contributed by atoms with E-state index in [0.29, 0.717) is 5.92 Å². The van der Waals surface area contributed by atoms with E-state index in [9.17, 15) is 0 Å². The standard InChI is InChI=1S/C19H26N6/c1-3-9-24-14-17(15(2)22-24)13-23-10-6-7-16(12-23)19-21-20-18-8-4-5-11-25(18)19/h4-5,8,11,14,16H,3,6-7,9-10,12-13H2,1-2H3/t16-/m1/s1. The molecule has 0 aliphatic carbocycles. The van der Waals surface area contributed by atoms with Crippen LogP contribution in [0.4, 0.5) is 0 Å². The molecule has 0 spiro atoms. The maximum Gasteiger partial charge on any atom is 0.160 e. The lowest BCUT2D eigenvalue weighted by molar-refractivity contribution is 0.195. The van der Waals surface area contributed by atoms with Crippen LogP contribution in [0.25, 0.3) is 5.65 Å². The summed E-state index contributed by atoms with van der Waals surface area (Å²) in [5, 5.41) is 13.4. The highest BCUT2D eigenvalue weighted by Gasteiger charge is 2.25. The number of hydrogen-bond acceptors (Lipinski definition) is 4. The van der Waals surface area contributed by atoms with E-state index in [1.54, 1.807) is 0 Å². The first-order chi connectivity index (χ1) is 12.2. The Morgan fingerprint density at radius 3 is 3.04 bits per heavy atom. The van der Waals surface area contributed by atoms with Crippen LogP contribution < -0.4 is 0 Å². The monoisotopic (exact) mass is 338 g/mol. The van der Waals surface area contributed by atoms with Gasteiger partial charge < -0.3 is 0 Å². The van der Waals surface area contributed by atoms with E-state index >= 15 is 0 Å². The summed E-state index contributed by atoms with van der Waals surface area (Å²) in [6.45, 7) is 8.46. The first-order valence-corrected chi connectivity index (χ1v) is 9.29. The number of hydrogen-bond donors (Lipinski definition) is 0. The van der Waals surface area contributed by atoms with Gasteiger partial charge in [-0.05, 0) is 44.9 Å². The SMILES string of the molecule is CCCn1cc(CN2CCC[C@@H](c3nnc4ccccn34)C2)c(C)n1. The van der Waals surface area contributed by atoms with Crippen LogP contribution in [0.1, 0.15) is 49.2 Å². The zero-order valence-electron chi connectivity index (χ0n) is 15.1. The minimum atomic E-state index is 0.442. The van der Waals surface area contributed by atoms with Crippen LogP contribution in [-0.4, -0.2) is 42.4 Å². The number of piperidine rings is 1. The molecule has 1 fully saturated rings. The van der Waals surface area contributed by atoms with Gasteiger partial charge in [-0.1, -0.05) is 13.0 Å². The minimum Gasteiger partial charge on any atom is -0.298 e. The van der Waals surface area contributed by atoms with E-state index in [0.717, 1.165) is 49.8 Å². The number of rotatable bonds is 5. The molecule has 132 valence electrons. The molecule has 1 aliphatic rings. The topological polar surface area (TPSA) is 51.2 Å². The van der Waals surface area contributed by atoms with Crippen molar-refractivity contribution in [2.75, 3.05) is 13.1 Å². The molecule has 0 saturated carbocycles. The Kier molecular flexibility index (Phi) is 4.53. The average molecular weight is 338 g/mol. The van der Waals surface area contributed by atoms with Gasteiger partial charge in [0.05, 0.1) is 5.69 Å². The van der Waals surface area contributed by atoms with Gasteiger partial charge in [-0.2, -0.15) is 5.10 Å². The van der Waals surface area contributed by atoms with Crippen LogP contribution in [-0.2, 0) is 13.1 Å². The fraction of sp³-hybridized carbons (Fsp3) is 0.526. The number of aryl methyl sites for hydroxylation is 2. The van der Waals surface area contributed by atoms with E-state index in [1.807, 2.05) is 18.2 Å². The Hall–Kier alpha value is -2.21. The van der Waals surface area contributed by atoms with E-state index < -0.39 is 0 Å². The van der Waals surface area contributed by atoms with Crippen molar-refractivity contribution in [3.8, 4) is 0 Å². The smallest absolute Gasteiger partial charge is 0.160 e. The van der Waals surface area contributed by atoms with Crippen molar-refractivity contribution in [1.29, 1.82) is 0 Å². The summed E-state index contributed by atoms with van der Waals surface area (Å²) >= 11 is 0. The van der Waals surface area contributed by atoms with Crippen LogP contribution in [0.5, 0.6) is 0 Å². The third-order valence-corrected chi connectivity index (χ3v) is 5.11. The molecule has 1 aliphatic heterocycles. The van der Waals surface area contributed by atoms with Crippen molar-refractivity contribution in [2.24, 2.45) is 0 Å². The Morgan fingerprint density at radius 1 is 1.24 bits per heavy atom. The van der Waals surface area contributed by atoms with Crippen molar-refractivity contribution in [2.45, 2.75) is 52.1 Å². The van der Waals surface area contributed by atoms with Crippen LogP contribution in [0, 0.1) is 6.92 Å². The molecule has 0 N–H and O–H groups in total. The zero-order chi connectivity index (χ0) is 17.2. The summed E-state index contributed by atoms with van der Waals surface area (Å²) in [5.74, 6) is 1.54. The van der Waals surface area contributed by atoms with Gasteiger partial charge in [0.15, 0.2) is 5.65 Å². The molecular weight excluding hydrogens is 312 g/mol. The third-order valence-electron chi connectivity index (χ3n) is 5.11. The largest absolute Gasteiger partial charge is 0.298 e. The molecule has 1 saturated heterocycles. The number of aromatic nitrogens is 5. The second-order valence-corrected chi connectivity index (χ2v) is 7.06. The number of likely N-dealkylation sites (tertiary alicyclic amines) is 1. The normalized spacial score (nSPS) is 18.9. The maximum absolute atomic E-state index is 4.64. The quantitative estimate of drug-likeness (QED) is 0.717. The first-order valence-electron chi connectivity index (χ1n) is 9.29. The predicted molar refractivity (Wildman–Crippen MR) is 97.5 cm³/mol. The summed E-state index contributed by atoms with van der Waals surface area (Å²) in [7, 11) is 0. The van der Waals surface area contributed by atoms with Gasteiger partial charge in [0, 0.05) is 43.5 Å². The maximum atomic E-state index is 4.64. The van der Waals surface area contributed by atoms with Gasteiger partial charge in [0.2, 0.25) is 0 Å². The highest BCUT2D eigenvalue weighted by molar-refractivity contribution is 5.37. The lowest BCUT2D eigenvalue weighted by Gasteiger charge is -2.31. The molecule has 1 atom stereocenters. The van der Waals surface area contributed by atoms with E-state index in [-0.39, 0.29) is 0 Å². The fourth-order valence-corrected chi connectivity index (χ4v) is 3.85. The van der Waals surface area contributed by atoms with Gasteiger partial charge in [-0.15, -0.1) is 10.2 Å². The van der Waals surface area contributed by atoms with E-state index in [1.165, 1.54) is 18.4 Å². The summed E-state index contributed by atoms with van der Waals surface area (Å²) in [6.07, 6.45) is 7.79. The summed E-state index contributed by atoms with van der Waals surface area (Å²) in [4.78, 5) is 2.54. The second kappa shape index (κ2) is 6.96. The van der Waals surface area contributed by atoms with Gasteiger partial charge in [-0.25, -0.2) is 0 Å². The van der Waals surface area contributed by atoms with Crippen LogP contribution in [0.3, 0.4) is 0 Å². The molecule has 6 heteroatoms. The summed E-state index contributed by atoms with van der Waals surface area (Å²) < 4.78 is 4.22. The van der Waals surface area contributed by atoms with Crippen molar-refractivity contribution < 1.29 is 0 Å². The highest BCUT2D eigenvalue weighted by atomic mass is 15.3. The lowest BCUT2D eigenvalue weighted by Crippen LogP contribution is -2.34. The first kappa shape index (κ1) is 16.3. The Bertz CT molecular complexity index is 849.